The highest BCUT2D eigenvalue weighted by molar-refractivity contribution is 9.10. The fourth-order valence-corrected chi connectivity index (χ4v) is 1.81. The Kier molecular flexibility index (Phi) is 2.71. The molecule has 0 bridgehead atoms. The first-order chi connectivity index (χ1) is 7.63. The molecular weight excluding hydrogens is 276 g/mol. The Hall–Kier alpha value is -1.73. The van der Waals surface area contributed by atoms with Gasteiger partial charge in [-0.25, -0.2) is 4.98 Å². The third kappa shape index (κ3) is 1.70. The van der Waals surface area contributed by atoms with E-state index in [0.29, 0.717) is 10.9 Å². The zero-order chi connectivity index (χ0) is 11.7. The van der Waals surface area contributed by atoms with Crippen LogP contribution in [0.4, 0.5) is 11.4 Å². The molecule has 0 amide bonds. The van der Waals surface area contributed by atoms with Crippen molar-refractivity contribution in [3.63, 3.8) is 0 Å². The largest absolute Gasteiger partial charge is 0.318 e. The topological polar surface area (TPSA) is 94.1 Å². The fraction of sp³-hybridized carbons (Fsp3) is 0. The molecule has 82 valence electrons. The van der Waals surface area contributed by atoms with Crippen molar-refractivity contribution in [1.82, 2.24) is 4.98 Å². The second kappa shape index (κ2) is 4.03. The van der Waals surface area contributed by atoms with Crippen molar-refractivity contribution in [1.29, 1.82) is 0 Å². The zero-order valence-electron chi connectivity index (χ0n) is 7.98. The molecule has 7 heteroatoms. The number of fused-ring (bicyclic) bond motifs is 1. The van der Waals surface area contributed by atoms with Gasteiger partial charge in [0.1, 0.15) is 11.9 Å². The number of hydrogen-bond acceptors (Lipinski definition) is 5. The molecule has 3 N–H and O–H groups in total. The van der Waals surface area contributed by atoms with Gasteiger partial charge in [0.15, 0.2) is 0 Å². The van der Waals surface area contributed by atoms with Crippen LogP contribution in [-0.2, 0) is 0 Å². The van der Waals surface area contributed by atoms with Crippen LogP contribution < -0.4 is 11.3 Å². The second-order valence-corrected chi connectivity index (χ2v) is 4.00. The van der Waals surface area contributed by atoms with E-state index in [0.717, 1.165) is 4.47 Å². The first kappa shape index (κ1) is 10.8. The number of nitrogens with two attached hydrogens (primary N) is 1. The highest BCUT2D eigenvalue weighted by Gasteiger charge is 2.17. The van der Waals surface area contributed by atoms with Gasteiger partial charge >= 0.3 is 5.69 Å². The first-order valence-electron chi connectivity index (χ1n) is 4.32. The first-order valence-corrected chi connectivity index (χ1v) is 5.12. The molecule has 0 unspecified atom stereocenters. The Balaban J connectivity index is 2.83. The Morgan fingerprint density at radius 1 is 1.50 bits per heavy atom. The summed E-state index contributed by atoms with van der Waals surface area (Å²) in [4.78, 5) is 14.2. The van der Waals surface area contributed by atoms with E-state index in [2.05, 4.69) is 26.3 Å². The smallest absolute Gasteiger partial charge is 0.312 e. The summed E-state index contributed by atoms with van der Waals surface area (Å²) in [7, 11) is 0. The van der Waals surface area contributed by atoms with Crippen molar-refractivity contribution in [2.24, 2.45) is 5.84 Å². The molecule has 0 fully saturated rings. The zero-order valence-corrected chi connectivity index (χ0v) is 9.56. The SMILES string of the molecule is NNc1c([N+](=O)[O-])cnc2ccc(Br)cc12. The van der Waals surface area contributed by atoms with Gasteiger partial charge < -0.3 is 5.43 Å². The molecule has 6 nitrogen and oxygen atoms in total. The van der Waals surface area contributed by atoms with E-state index in [1.54, 1.807) is 12.1 Å². The molecule has 0 aliphatic heterocycles. The molecule has 1 aromatic heterocycles. The average Bonchev–Trinajstić information content (AvgIpc) is 2.27. The molecule has 0 radical (unpaired) electrons. The van der Waals surface area contributed by atoms with Crippen LogP contribution in [0.1, 0.15) is 0 Å². The van der Waals surface area contributed by atoms with E-state index >= 15 is 0 Å². The van der Waals surface area contributed by atoms with Gasteiger partial charge in [0.2, 0.25) is 0 Å². The minimum atomic E-state index is -0.525. The van der Waals surface area contributed by atoms with Gasteiger partial charge in [0.05, 0.1) is 10.4 Å². The summed E-state index contributed by atoms with van der Waals surface area (Å²) in [6.45, 7) is 0. The summed E-state index contributed by atoms with van der Waals surface area (Å²) in [6.07, 6.45) is 1.19. The van der Waals surface area contributed by atoms with Crippen molar-refractivity contribution in [2.75, 3.05) is 5.43 Å². The predicted molar refractivity (Wildman–Crippen MR) is 63.9 cm³/mol. The van der Waals surface area contributed by atoms with Gasteiger partial charge in [-0.2, -0.15) is 0 Å². The number of nitrogen functional groups attached to an aromatic ring is 1. The molecule has 1 aromatic carbocycles. The number of hydrazine groups is 1. The maximum absolute atomic E-state index is 10.8. The summed E-state index contributed by atoms with van der Waals surface area (Å²) in [5.41, 5.74) is 3.10. The van der Waals surface area contributed by atoms with Crippen LogP contribution in [0, 0.1) is 10.1 Å². The number of pyridine rings is 1. The van der Waals surface area contributed by atoms with Gasteiger partial charge in [0.25, 0.3) is 0 Å². The van der Waals surface area contributed by atoms with Crippen LogP contribution in [0.2, 0.25) is 0 Å². The maximum atomic E-state index is 10.8. The van der Waals surface area contributed by atoms with Crippen LogP contribution >= 0.6 is 15.9 Å². The number of benzene rings is 1. The normalized spacial score (nSPS) is 10.4. The number of hydrogen-bond donors (Lipinski definition) is 2. The molecule has 0 spiro atoms. The monoisotopic (exact) mass is 282 g/mol. The lowest BCUT2D eigenvalue weighted by Gasteiger charge is -2.06. The Morgan fingerprint density at radius 3 is 2.88 bits per heavy atom. The van der Waals surface area contributed by atoms with Gasteiger partial charge in [-0.05, 0) is 18.2 Å². The summed E-state index contributed by atoms with van der Waals surface area (Å²) < 4.78 is 0.804. The van der Waals surface area contributed by atoms with Crippen molar-refractivity contribution in [2.45, 2.75) is 0 Å². The van der Waals surface area contributed by atoms with E-state index in [1.165, 1.54) is 6.20 Å². The number of aromatic nitrogens is 1. The molecule has 0 saturated carbocycles. The lowest BCUT2D eigenvalue weighted by molar-refractivity contribution is -0.384. The second-order valence-electron chi connectivity index (χ2n) is 3.08. The summed E-state index contributed by atoms with van der Waals surface area (Å²) in [5, 5.41) is 11.4. The van der Waals surface area contributed by atoms with Gasteiger partial charge in [-0.15, -0.1) is 0 Å². The Labute approximate surface area is 98.7 Å². The van der Waals surface area contributed by atoms with E-state index in [-0.39, 0.29) is 11.4 Å². The highest BCUT2D eigenvalue weighted by atomic mass is 79.9. The molecule has 16 heavy (non-hydrogen) atoms. The fourth-order valence-electron chi connectivity index (χ4n) is 1.44. The predicted octanol–water partition coefficient (Wildman–Crippen LogP) is 2.19. The third-order valence-corrected chi connectivity index (χ3v) is 2.64. The van der Waals surface area contributed by atoms with Crippen molar-refractivity contribution >= 4 is 38.2 Å². The number of halogens is 1. The molecular formula is C9H7BrN4O2. The minimum absolute atomic E-state index is 0.145. The van der Waals surface area contributed by atoms with Crippen LogP contribution in [0.15, 0.2) is 28.9 Å². The summed E-state index contributed by atoms with van der Waals surface area (Å²) in [6, 6.07) is 5.29. The highest BCUT2D eigenvalue weighted by Crippen LogP contribution is 2.32. The number of nitrogens with zero attached hydrogens (tertiary/aromatic N) is 2. The number of nitrogens with one attached hydrogen (secondary N) is 1. The molecule has 0 aliphatic carbocycles. The summed E-state index contributed by atoms with van der Waals surface area (Å²) >= 11 is 3.29. The van der Waals surface area contributed by atoms with Crippen LogP contribution in [0.25, 0.3) is 10.9 Å². The van der Waals surface area contributed by atoms with Gasteiger partial charge in [-0.3, -0.25) is 16.0 Å². The van der Waals surface area contributed by atoms with Crippen molar-refractivity contribution < 1.29 is 4.92 Å². The van der Waals surface area contributed by atoms with Crippen LogP contribution in [0.3, 0.4) is 0 Å². The maximum Gasteiger partial charge on any atom is 0.312 e. The number of rotatable bonds is 2. The van der Waals surface area contributed by atoms with E-state index in [4.69, 9.17) is 5.84 Å². The lowest BCUT2D eigenvalue weighted by Crippen LogP contribution is -2.10. The Bertz CT molecular complexity index is 573. The molecule has 0 atom stereocenters. The van der Waals surface area contributed by atoms with Crippen molar-refractivity contribution in [3.05, 3.63) is 39.0 Å². The lowest BCUT2D eigenvalue weighted by atomic mass is 10.2. The van der Waals surface area contributed by atoms with E-state index in [9.17, 15) is 10.1 Å². The molecule has 2 aromatic rings. The van der Waals surface area contributed by atoms with Gasteiger partial charge in [-0.1, -0.05) is 15.9 Å². The average molecular weight is 283 g/mol. The number of nitro groups is 1. The van der Waals surface area contributed by atoms with Gasteiger partial charge in [0, 0.05) is 9.86 Å². The summed E-state index contributed by atoms with van der Waals surface area (Å²) in [5.74, 6) is 5.31. The van der Waals surface area contributed by atoms with Crippen LogP contribution in [0.5, 0.6) is 0 Å². The standard InChI is InChI=1S/C9H7BrN4O2/c10-5-1-2-7-6(3-5)9(13-11)8(4-12-7)14(15)16/h1-4H,11H2,(H,12,13). The minimum Gasteiger partial charge on any atom is -0.318 e. The molecule has 0 saturated heterocycles. The molecule has 2 rings (SSSR count). The van der Waals surface area contributed by atoms with E-state index in [1.807, 2.05) is 6.07 Å². The van der Waals surface area contributed by atoms with Crippen LogP contribution in [-0.4, -0.2) is 9.91 Å². The van der Waals surface area contributed by atoms with Crippen molar-refractivity contribution in [3.8, 4) is 0 Å². The molecule has 1 heterocycles. The Morgan fingerprint density at radius 2 is 2.25 bits per heavy atom. The quantitative estimate of drug-likeness (QED) is 0.500. The molecule has 0 aliphatic rings. The third-order valence-electron chi connectivity index (χ3n) is 2.15. The number of anilines is 1. The van der Waals surface area contributed by atoms with E-state index < -0.39 is 4.92 Å².